The highest BCUT2D eigenvalue weighted by Crippen LogP contribution is 2.17. The number of anilines is 1. The van der Waals surface area contributed by atoms with Gasteiger partial charge in [-0.15, -0.1) is 0 Å². The summed E-state index contributed by atoms with van der Waals surface area (Å²) in [5.41, 5.74) is 0.721. The third-order valence-electron chi connectivity index (χ3n) is 2.43. The minimum atomic E-state index is -3.41. The molecule has 2 heterocycles. The standard InChI is InChI=1S/C9H14N6O2S/c1-15-9-7(5-14-15)8(12-6-13-9)11-3-2-4-18(10,16)17/h5-6H,2-4H2,1H3,(H2,10,16,17)(H,11,12,13). The van der Waals surface area contributed by atoms with Crippen molar-refractivity contribution in [3.05, 3.63) is 12.5 Å². The molecule has 2 rings (SSSR count). The van der Waals surface area contributed by atoms with E-state index in [1.54, 1.807) is 17.9 Å². The van der Waals surface area contributed by atoms with Gasteiger partial charge in [0.05, 0.1) is 17.3 Å². The Kier molecular flexibility index (Phi) is 3.43. The molecular weight excluding hydrogens is 256 g/mol. The minimum absolute atomic E-state index is 0.0543. The first-order valence-electron chi connectivity index (χ1n) is 5.34. The number of fused-ring (bicyclic) bond motifs is 1. The van der Waals surface area contributed by atoms with Crippen LogP contribution in [0.1, 0.15) is 6.42 Å². The van der Waals surface area contributed by atoms with Gasteiger partial charge in [0.1, 0.15) is 12.1 Å². The highest BCUT2D eigenvalue weighted by atomic mass is 32.2. The van der Waals surface area contributed by atoms with Crippen LogP contribution in [0.4, 0.5) is 5.82 Å². The van der Waals surface area contributed by atoms with Crippen LogP contribution in [0.5, 0.6) is 0 Å². The predicted molar refractivity (Wildman–Crippen MR) is 67.4 cm³/mol. The number of hydrogen-bond acceptors (Lipinski definition) is 6. The van der Waals surface area contributed by atoms with E-state index in [2.05, 4.69) is 20.4 Å². The Balaban J connectivity index is 2.04. The summed E-state index contributed by atoms with van der Waals surface area (Å²) in [5.74, 6) is 0.587. The number of nitrogens with one attached hydrogen (secondary N) is 1. The van der Waals surface area contributed by atoms with E-state index in [-0.39, 0.29) is 5.75 Å². The van der Waals surface area contributed by atoms with Gasteiger partial charge in [-0.25, -0.2) is 23.5 Å². The van der Waals surface area contributed by atoms with Gasteiger partial charge in [-0.3, -0.25) is 4.68 Å². The van der Waals surface area contributed by atoms with Crippen LogP contribution in [0.2, 0.25) is 0 Å². The van der Waals surface area contributed by atoms with Gasteiger partial charge in [0.25, 0.3) is 0 Å². The van der Waals surface area contributed by atoms with Gasteiger partial charge in [0, 0.05) is 13.6 Å². The Morgan fingerprint density at radius 3 is 2.94 bits per heavy atom. The van der Waals surface area contributed by atoms with E-state index < -0.39 is 10.0 Å². The molecule has 0 fully saturated rings. The second kappa shape index (κ2) is 4.86. The lowest BCUT2D eigenvalue weighted by Gasteiger charge is -2.05. The fraction of sp³-hybridized carbons (Fsp3) is 0.444. The molecule has 3 N–H and O–H groups in total. The molecule has 0 saturated heterocycles. The fourth-order valence-electron chi connectivity index (χ4n) is 1.58. The molecule has 0 amide bonds. The smallest absolute Gasteiger partial charge is 0.209 e. The van der Waals surface area contributed by atoms with Crippen molar-refractivity contribution in [2.75, 3.05) is 17.6 Å². The summed E-state index contributed by atoms with van der Waals surface area (Å²) in [6.07, 6.45) is 3.52. The molecule has 0 unspecified atom stereocenters. The summed E-state index contributed by atoms with van der Waals surface area (Å²) in [4.78, 5) is 8.20. The zero-order chi connectivity index (χ0) is 13.2. The molecule has 0 atom stereocenters. The van der Waals surface area contributed by atoms with Crippen LogP contribution in [0.25, 0.3) is 11.0 Å². The van der Waals surface area contributed by atoms with Gasteiger partial charge in [0.15, 0.2) is 5.65 Å². The molecular formula is C9H14N6O2S. The highest BCUT2D eigenvalue weighted by molar-refractivity contribution is 7.89. The van der Waals surface area contributed by atoms with Crippen LogP contribution in [0.15, 0.2) is 12.5 Å². The van der Waals surface area contributed by atoms with Crippen molar-refractivity contribution in [2.24, 2.45) is 12.2 Å². The maximum Gasteiger partial charge on any atom is 0.209 e. The first-order valence-corrected chi connectivity index (χ1v) is 7.06. The molecule has 0 radical (unpaired) electrons. The third kappa shape index (κ3) is 2.93. The molecule has 98 valence electrons. The SMILES string of the molecule is Cn1ncc2c(NCCCS(N)(=O)=O)ncnc21. The van der Waals surface area contributed by atoms with Crippen molar-refractivity contribution >= 4 is 26.9 Å². The molecule has 0 aliphatic heterocycles. The number of hydrogen-bond donors (Lipinski definition) is 2. The Hall–Kier alpha value is -1.74. The topological polar surface area (TPSA) is 116 Å². The van der Waals surface area contributed by atoms with E-state index in [4.69, 9.17) is 5.14 Å². The zero-order valence-corrected chi connectivity index (χ0v) is 10.7. The molecule has 8 nitrogen and oxygen atoms in total. The molecule has 2 aromatic rings. The number of aromatic nitrogens is 4. The molecule has 0 bridgehead atoms. The molecule has 0 aliphatic carbocycles. The number of aryl methyl sites for hydroxylation is 1. The van der Waals surface area contributed by atoms with Gasteiger partial charge in [0.2, 0.25) is 10.0 Å². The van der Waals surface area contributed by atoms with Crippen LogP contribution < -0.4 is 10.5 Å². The van der Waals surface area contributed by atoms with E-state index >= 15 is 0 Å². The summed E-state index contributed by atoms with van der Waals surface area (Å²) in [5, 5.41) is 12.8. The molecule has 9 heteroatoms. The summed E-state index contributed by atoms with van der Waals surface area (Å²) in [7, 11) is -1.61. The third-order valence-corrected chi connectivity index (χ3v) is 3.29. The van der Waals surface area contributed by atoms with E-state index in [0.29, 0.717) is 18.8 Å². The molecule has 0 aromatic carbocycles. The second-order valence-corrected chi connectivity index (χ2v) is 5.61. The van der Waals surface area contributed by atoms with E-state index in [0.717, 1.165) is 11.0 Å². The van der Waals surface area contributed by atoms with Crippen LogP contribution in [-0.2, 0) is 17.1 Å². The number of nitrogens with zero attached hydrogens (tertiary/aromatic N) is 4. The summed E-state index contributed by atoms with van der Waals surface area (Å²) in [6, 6.07) is 0. The van der Waals surface area contributed by atoms with Crippen molar-refractivity contribution in [3.63, 3.8) is 0 Å². The molecule has 0 saturated carbocycles. The molecule has 18 heavy (non-hydrogen) atoms. The fourth-order valence-corrected chi connectivity index (χ4v) is 2.13. The lowest BCUT2D eigenvalue weighted by atomic mass is 10.4. The second-order valence-electron chi connectivity index (χ2n) is 3.88. The monoisotopic (exact) mass is 270 g/mol. The minimum Gasteiger partial charge on any atom is -0.369 e. The van der Waals surface area contributed by atoms with Gasteiger partial charge in [-0.2, -0.15) is 5.10 Å². The molecule has 0 spiro atoms. The Morgan fingerprint density at radius 2 is 2.22 bits per heavy atom. The van der Waals surface area contributed by atoms with Crippen molar-refractivity contribution in [3.8, 4) is 0 Å². The summed E-state index contributed by atoms with van der Waals surface area (Å²) >= 11 is 0. The number of nitrogens with two attached hydrogens (primary N) is 1. The maximum atomic E-state index is 10.8. The summed E-state index contributed by atoms with van der Waals surface area (Å²) < 4.78 is 23.2. The van der Waals surface area contributed by atoms with Gasteiger partial charge < -0.3 is 5.32 Å². The number of primary sulfonamides is 1. The lowest BCUT2D eigenvalue weighted by Crippen LogP contribution is -2.18. The van der Waals surface area contributed by atoms with Crippen molar-refractivity contribution in [2.45, 2.75) is 6.42 Å². The molecule has 0 aliphatic rings. The van der Waals surface area contributed by atoms with Crippen LogP contribution in [0, 0.1) is 0 Å². The van der Waals surface area contributed by atoms with E-state index in [1.807, 2.05) is 0 Å². The first kappa shape index (κ1) is 12.7. The van der Waals surface area contributed by atoms with Gasteiger partial charge in [-0.1, -0.05) is 0 Å². The van der Waals surface area contributed by atoms with E-state index in [9.17, 15) is 8.42 Å². The van der Waals surface area contributed by atoms with E-state index in [1.165, 1.54) is 6.33 Å². The Bertz CT molecular complexity index is 650. The van der Waals surface area contributed by atoms with Gasteiger partial charge >= 0.3 is 0 Å². The average molecular weight is 270 g/mol. The van der Waals surface area contributed by atoms with Crippen molar-refractivity contribution in [1.82, 2.24) is 19.7 Å². The van der Waals surface area contributed by atoms with Crippen LogP contribution in [-0.4, -0.2) is 40.5 Å². The lowest BCUT2D eigenvalue weighted by molar-refractivity contribution is 0.596. The Labute approximate surface area is 104 Å². The van der Waals surface area contributed by atoms with Crippen LogP contribution in [0.3, 0.4) is 0 Å². The molecule has 2 aromatic heterocycles. The van der Waals surface area contributed by atoms with Crippen molar-refractivity contribution < 1.29 is 8.42 Å². The predicted octanol–water partition coefficient (Wildman–Crippen LogP) is -0.546. The first-order chi connectivity index (χ1) is 8.47. The highest BCUT2D eigenvalue weighted by Gasteiger charge is 2.07. The van der Waals surface area contributed by atoms with Gasteiger partial charge in [-0.05, 0) is 6.42 Å². The number of sulfonamides is 1. The average Bonchev–Trinajstić information content (AvgIpc) is 2.67. The van der Waals surface area contributed by atoms with Crippen molar-refractivity contribution in [1.29, 1.82) is 0 Å². The quantitative estimate of drug-likeness (QED) is 0.704. The number of rotatable bonds is 5. The largest absolute Gasteiger partial charge is 0.369 e. The summed E-state index contributed by atoms with van der Waals surface area (Å²) in [6.45, 7) is 0.470. The normalized spacial score (nSPS) is 11.9. The Morgan fingerprint density at radius 1 is 1.44 bits per heavy atom. The van der Waals surface area contributed by atoms with Crippen LogP contribution >= 0.6 is 0 Å². The zero-order valence-electron chi connectivity index (χ0n) is 9.87. The maximum absolute atomic E-state index is 10.8.